The van der Waals surface area contributed by atoms with Crippen LogP contribution < -0.4 is 10.6 Å². The topological polar surface area (TPSA) is 70.7 Å². The molecule has 166 valence electrons. The predicted octanol–water partition coefficient (Wildman–Crippen LogP) is 4.53. The van der Waals surface area contributed by atoms with E-state index in [1.807, 2.05) is 38.1 Å². The highest BCUT2D eigenvalue weighted by Crippen LogP contribution is 2.17. The molecule has 2 unspecified atom stereocenters. The van der Waals surface area contributed by atoms with Gasteiger partial charge in [-0.25, -0.2) is 0 Å². The van der Waals surface area contributed by atoms with Crippen molar-refractivity contribution >= 4 is 23.2 Å². The lowest BCUT2D eigenvalue weighted by atomic mass is 10.1. The van der Waals surface area contributed by atoms with Crippen LogP contribution in [0.2, 0.25) is 0 Å². The highest BCUT2D eigenvalue weighted by Gasteiger charge is 2.22. The first-order chi connectivity index (χ1) is 14.8. The molecule has 1 fully saturated rings. The van der Waals surface area contributed by atoms with Gasteiger partial charge in [0, 0.05) is 43.0 Å². The summed E-state index contributed by atoms with van der Waals surface area (Å²) in [4.78, 5) is 26.8. The number of morpholine rings is 1. The van der Waals surface area contributed by atoms with E-state index in [-0.39, 0.29) is 24.0 Å². The zero-order valence-corrected chi connectivity index (χ0v) is 18.9. The largest absolute Gasteiger partial charge is 0.373 e. The Kier molecular flexibility index (Phi) is 7.82. The van der Waals surface area contributed by atoms with Crippen molar-refractivity contribution < 1.29 is 14.3 Å². The summed E-state index contributed by atoms with van der Waals surface area (Å²) in [6.45, 7) is 10.9. The van der Waals surface area contributed by atoms with Crippen LogP contribution in [0.5, 0.6) is 0 Å². The fraction of sp³-hybridized carbons (Fsp3) is 0.440. The summed E-state index contributed by atoms with van der Waals surface area (Å²) in [5.74, 6) is 0.149. The first-order valence-electron chi connectivity index (χ1n) is 11.0. The molecule has 6 nitrogen and oxygen atoms in total. The maximum atomic E-state index is 12.6. The average molecular weight is 424 g/mol. The van der Waals surface area contributed by atoms with Gasteiger partial charge in [-0.05, 0) is 61.7 Å². The minimum absolute atomic E-state index is 0.00660. The van der Waals surface area contributed by atoms with Gasteiger partial charge in [-0.15, -0.1) is 0 Å². The van der Waals surface area contributed by atoms with Gasteiger partial charge in [0.1, 0.15) is 0 Å². The Balaban J connectivity index is 1.53. The van der Waals surface area contributed by atoms with Gasteiger partial charge in [-0.1, -0.05) is 26.0 Å². The first kappa shape index (κ1) is 23.0. The third kappa shape index (κ3) is 7.19. The van der Waals surface area contributed by atoms with Gasteiger partial charge in [0.05, 0.1) is 12.2 Å². The van der Waals surface area contributed by atoms with Crippen molar-refractivity contribution in [2.45, 2.75) is 52.9 Å². The quantitative estimate of drug-likeness (QED) is 0.686. The van der Waals surface area contributed by atoms with E-state index in [0.717, 1.165) is 25.3 Å². The van der Waals surface area contributed by atoms with Crippen LogP contribution >= 0.6 is 0 Å². The molecule has 1 saturated heterocycles. The standard InChI is InChI=1S/C25H33N3O3/c1-17(2)13-24(29)26-22-9-11-23(12-10-22)27-25(30)21-7-5-20(6-8-21)16-28-14-18(3)31-19(4)15-28/h5-12,17-19H,13-16H2,1-4H3,(H,26,29)(H,27,30). The summed E-state index contributed by atoms with van der Waals surface area (Å²) >= 11 is 0. The van der Waals surface area contributed by atoms with Gasteiger partial charge in [-0.3, -0.25) is 14.5 Å². The molecule has 1 aliphatic rings. The second-order valence-electron chi connectivity index (χ2n) is 8.83. The molecule has 0 aromatic heterocycles. The van der Waals surface area contributed by atoms with Crippen molar-refractivity contribution in [3.8, 4) is 0 Å². The second kappa shape index (κ2) is 10.6. The van der Waals surface area contributed by atoms with E-state index in [4.69, 9.17) is 4.74 Å². The monoisotopic (exact) mass is 423 g/mol. The number of hydrogen-bond acceptors (Lipinski definition) is 4. The third-order valence-corrected chi connectivity index (χ3v) is 5.14. The Labute approximate surface area is 185 Å². The molecule has 2 atom stereocenters. The smallest absolute Gasteiger partial charge is 0.255 e. The molecule has 2 amide bonds. The van der Waals surface area contributed by atoms with Gasteiger partial charge >= 0.3 is 0 Å². The summed E-state index contributed by atoms with van der Waals surface area (Å²) in [6, 6.07) is 14.9. The fourth-order valence-electron chi connectivity index (χ4n) is 3.86. The van der Waals surface area contributed by atoms with E-state index in [1.54, 1.807) is 24.3 Å². The van der Waals surface area contributed by atoms with Crippen LogP contribution in [0.1, 0.15) is 50.0 Å². The molecule has 2 N–H and O–H groups in total. The van der Waals surface area contributed by atoms with Crippen LogP contribution in [0.3, 0.4) is 0 Å². The number of ether oxygens (including phenoxy) is 1. The van der Waals surface area contributed by atoms with Gasteiger partial charge in [0.15, 0.2) is 0 Å². The third-order valence-electron chi connectivity index (χ3n) is 5.14. The number of carbonyl (C=O) groups excluding carboxylic acids is 2. The minimum Gasteiger partial charge on any atom is -0.373 e. The van der Waals surface area contributed by atoms with Crippen LogP contribution in [0.15, 0.2) is 48.5 Å². The number of hydrogen-bond donors (Lipinski definition) is 2. The molecular weight excluding hydrogens is 390 g/mol. The number of nitrogens with one attached hydrogen (secondary N) is 2. The molecule has 31 heavy (non-hydrogen) atoms. The van der Waals surface area contributed by atoms with Gasteiger partial charge in [-0.2, -0.15) is 0 Å². The van der Waals surface area contributed by atoms with Crippen molar-refractivity contribution in [3.63, 3.8) is 0 Å². The number of carbonyl (C=O) groups is 2. The fourth-order valence-corrected chi connectivity index (χ4v) is 3.86. The van der Waals surface area contributed by atoms with Gasteiger partial charge < -0.3 is 15.4 Å². The highest BCUT2D eigenvalue weighted by atomic mass is 16.5. The Morgan fingerprint density at radius 1 is 0.935 bits per heavy atom. The van der Waals surface area contributed by atoms with E-state index < -0.39 is 0 Å². The number of anilines is 2. The molecule has 0 radical (unpaired) electrons. The number of nitrogens with zero attached hydrogens (tertiary/aromatic N) is 1. The van der Waals surface area contributed by atoms with Crippen LogP contribution in [0.4, 0.5) is 11.4 Å². The average Bonchev–Trinajstić information content (AvgIpc) is 2.68. The first-order valence-corrected chi connectivity index (χ1v) is 11.0. The van der Waals surface area contributed by atoms with E-state index in [1.165, 1.54) is 5.56 Å². The maximum absolute atomic E-state index is 12.6. The Hall–Kier alpha value is -2.70. The summed E-state index contributed by atoms with van der Waals surface area (Å²) in [5, 5.41) is 5.77. The Morgan fingerprint density at radius 3 is 2.03 bits per heavy atom. The zero-order valence-electron chi connectivity index (χ0n) is 18.9. The predicted molar refractivity (Wildman–Crippen MR) is 124 cm³/mol. The minimum atomic E-state index is -0.156. The molecule has 3 rings (SSSR count). The van der Waals surface area contributed by atoms with E-state index in [9.17, 15) is 9.59 Å². The molecule has 0 spiro atoms. The molecule has 0 bridgehead atoms. The summed E-state index contributed by atoms with van der Waals surface area (Å²) < 4.78 is 5.79. The van der Waals surface area contributed by atoms with Crippen molar-refractivity contribution in [2.75, 3.05) is 23.7 Å². The molecule has 0 saturated carbocycles. The number of amides is 2. The summed E-state index contributed by atoms with van der Waals surface area (Å²) in [7, 11) is 0. The molecule has 2 aromatic carbocycles. The Bertz CT molecular complexity index is 868. The van der Waals surface area contributed by atoms with E-state index in [2.05, 4.69) is 29.4 Å². The van der Waals surface area contributed by atoms with Crippen molar-refractivity contribution in [3.05, 3.63) is 59.7 Å². The number of benzene rings is 2. The molecule has 1 heterocycles. The van der Waals surface area contributed by atoms with Crippen LogP contribution in [-0.4, -0.2) is 42.0 Å². The van der Waals surface area contributed by atoms with E-state index >= 15 is 0 Å². The normalized spacial score (nSPS) is 19.3. The number of rotatable bonds is 7. The molecule has 6 heteroatoms. The molecule has 0 aliphatic carbocycles. The van der Waals surface area contributed by atoms with Crippen molar-refractivity contribution in [2.24, 2.45) is 5.92 Å². The lowest BCUT2D eigenvalue weighted by Crippen LogP contribution is -2.44. The van der Waals surface area contributed by atoms with E-state index in [0.29, 0.717) is 23.6 Å². The van der Waals surface area contributed by atoms with Crippen molar-refractivity contribution in [1.29, 1.82) is 0 Å². The lowest BCUT2D eigenvalue weighted by Gasteiger charge is -2.35. The second-order valence-corrected chi connectivity index (χ2v) is 8.83. The molecule has 1 aliphatic heterocycles. The Morgan fingerprint density at radius 2 is 1.48 bits per heavy atom. The molecular formula is C25H33N3O3. The van der Waals surface area contributed by atoms with Crippen molar-refractivity contribution in [1.82, 2.24) is 4.90 Å². The van der Waals surface area contributed by atoms with Gasteiger partial charge in [0.2, 0.25) is 5.91 Å². The summed E-state index contributed by atoms with van der Waals surface area (Å²) in [6.07, 6.45) is 0.963. The lowest BCUT2D eigenvalue weighted by molar-refractivity contribution is -0.116. The maximum Gasteiger partial charge on any atom is 0.255 e. The summed E-state index contributed by atoms with van der Waals surface area (Å²) in [5.41, 5.74) is 3.20. The van der Waals surface area contributed by atoms with Gasteiger partial charge in [0.25, 0.3) is 5.91 Å². The van der Waals surface area contributed by atoms with Crippen LogP contribution in [0, 0.1) is 5.92 Å². The zero-order chi connectivity index (χ0) is 22.4. The highest BCUT2D eigenvalue weighted by molar-refractivity contribution is 6.04. The molecule has 2 aromatic rings. The van der Waals surface area contributed by atoms with Crippen LogP contribution in [0.25, 0.3) is 0 Å². The SMILES string of the molecule is CC(C)CC(=O)Nc1ccc(NC(=O)c2ccc(CN3CC(C)OC(C)C3)cc2)cc1. The van der Waals surface area contributed by atoms with Crippen LogP contribution in [-0.2, 0) is 16.1 Å².